The maximum absolute atomic E-state index is 4.26. The average Bonchev–Trinajstić information content (AvgIpc) is 2.50. The fourth-order valence-electron chi connectivity index (χ4n) is 2.61. The van der Waals surface area contributed by atoms with Crippen molar-refractivity contribution in [1.29, 1.82) is 0 Å². The summed E-state index contributed by atoms with van der Waals surface area (Å²) in [4.78, 5) is 0. The second kappa shape index (κ2) is 7.32. The molecule has 3 nitrogen and oxygen atoms in total. The molecule has 3 heteroatoms. The fraction of sp³-hybridized carbons (Fsp3) is 0.444. The van der Waals surface area contributed by atoms with Gasteiger partial charge in [0.2, 0.25) is 0 Å². The average molecular weight is 283 g/mol. The molecule has 21 heavy (non-hydrogen) atoms. The van der Waals surface area contributed by atoms with Crippen LogP contribution >= 0.6 is 0 Å². The first kappa shape index (κ1) is 15.6. The van der Waals surface area contributed by atoms with Gasteiger partial charge >= 0.3 is 0 Å². The van der Waals surface area contributed by atoms with Crippen LogP contribution in [0, 0.1) is 13.8 Å². The molecule has 0 radical (unpaired) electrons. The smallest absolute Gasteiger partial charge is 0.0648 e. The summed E-state index contributed by atoms with van der Waals surface area (Å²) in [7, 11) is 0. The second-order valence-corrected chi connectivity index (χ2v) is 5.51. The van der Waals surface area contributed by atoms with Gasteiger partial charge in [0, 0.05) is 6.04 Å². The molecule has 1 aromatic heterocycles. The van der Waals surface area contributed by atoms with Crippen molar-refractivity contribution in [3.8, 4) is 0 Å². The number of aromatic nitrogens is 2. The highest BCUT2D eigenvalue weighted by Crippen LogP contribution is 2.21. The Morgan fingerprint density at radius 3 is 2.29 bits per heavy atom. The van der Waals surface area contributed by atoms with E-state index in [0.717, 1.165) is 30.8 Å². The lowest BCUT2D eigenvalue weighted by Gasteiger charge is -2.20. The predicted octanol–water partition coefficient (Wildman–Crippen LogP) is 3.55. The number of likely N-dealkylation sites (N-methyl/N-ethyl adjacent to an activating group) is 1. The standard InChI is InChI=1S/C18H25N3/c1-5-15-7-9-16(10-8-15)12-18(19-6-2)17-11-13(3)20-21-14(17)4/h7-11,18-19H,5-6,12H2,1-4H3. The van der Waals surface area contributed by atoms with E-state index in [-0.39, 0.29) is 6.04 Å². The van der Waals surface area contributed by atoms with E-state index in [9.17, 15) is 0 Å². The molecule has 0 saturated carbocycles. The van der Waals surface area contributed by atoms with Gasteiger partial charge in [-0.1, -0.05) is 38.1 Å². The lowest BCUT2D eigenvalue weighted by atomic mass is 9.97. The Morgan fingerprint density at radius 1 is 1.00 bits per heavy atom. The fourth-order valence-corrected chi connectivity index (χ4v) is 2.61. The van der Waals surface area contributed by atoms with Gasteiger partial charge in [0.1, 0.15) is 0 Å². The van der Waals surface area contributed by atoms with Gasteiger partial charge in [0.05, 0.1) is 11.4 Å². The van der Waals surface area contributed by atoms with Crippen molar-refractivity contribution in [2.75, 3.05) is 6.54 Å². The van der Waals surface area contributed by atoms with Gasteiger partial charge in [-0.05, 0) is 56.0 Å². The molecule has 0 fully saturated rings. The van der Waals surface area contributed by atoms with Crippen LogP contribution in [-0.4, -0.2) is 16.7 Å². The summed E-state index contributed by atoms with van der Waals surface area (Å²) < 4.78 is 0. The summed E-state index contributed by atoms with van der Waals surface area (Å²) in [6.07, 6.45) is 2.06. The molecule has 2 aromatic rings. The molecule has 0 spiro atoms. The summed E-state index contributed by atoms with van der Waals surface area (Å²) >= 11 is 0. The second-order valence-electron chi connectivity index (χ2n) is 5.51. The Hall–Kier alpha value is -1.74. The highest BCUT2D eigenvalue weighted by molar-refractivity contribution is 5.28. The van der Waals surface area contributed by atoms with E-state index < -0.39 is 0 Å². The van der Waals surface area contributed by atoms with Gasteiger partial charge in [-0.15, -0.1) is 0 Å². The van der Waals surface area contributed by atoms with Crippen LogP contribution in [0.1, 0.15) is 48.0 Å². The minimum atomic E-state index is 0.289. The monoisotopic (exact) mass is 283 g/mol. The molecule has 0 saturated heterocycles. The van der Waals surface area contributed by atoms with Crippen LogP contribution in [0.15, 0.2) is 30.3 Å². The van der Waals surface area contributed by atoms with Crippen LogP contribution in [0.4, 0.5) is 0 Å². The molecular weight excluding hydrogens is 258 g/mol. The molecule has 0 amide bonds. The van der Waals surface area contributed by atoms with E-state index in [1.807, 2.05) is 13.8 Å². The molecule has 1 heterocycles. The third-order valence-corrected chi connectivity index (χ3v) is 3.84. The van der Waals surface area contributed by atoms with Crippen LogP contribution in [-0.2, 0) is 12.8 Å². The summed E-state index contributed by atoms with van der Waals surface area (Å²) in [6.45, 7) is 9.30. The van der Waals surface area contributed by atoms with Crippen LogP contribution in [0.3, 0.4) is 0 Å². The van der Waals surface area contributed by atoms with E-state index in [1.54, 1.807) is 0 Å². The van der Waals surface area contributed by atoms with Gasteiger partial charge in [0.25, 0.3) is 0 Å². The van der Waals surface area contributed by atoms with Gasteiger partial charge in [-0.3, -0.25) is 0 Å². The number of hydrogen-bond donors (Lipinski definition) is 1. The largest absolute Gasteiger partial charge is 0.310 e. The van der Waals surface area contributed by atoms with Gasteiger partial charge in [0.15, 0.2) is 0 Å². The summed E-state index contributed by atoms with van der Waals surface area (Å²) in [5.74, 6) is 0. The minimum Gasteiger partial charge on any atom is -0.310 e. The maximum Gasteiger partial charge on any atom is 0.0648 e. The van der Waals surface area contributed by atoms with Crippen LogP contribution < -0.4 is 5.32 Å². The van der Waals surface area contributed by atoms with Crippen LogP contribution in [0.5, 0.6) is 0 Å². The quantitative estimate of drug-likeness (QED) is 0.881. The zero-order chi connectivity index (χ0) is 15.2. The lowest BCUT2D eigenvalue weighted by Crippen LogP contribution is -2.24. The first-order chi connectivity index (χ1) is 10.1. The molecule has 112 valence electrons. The molecule has 1 aromatic carbocycles. The molecular formula is C18H25N3. The van der Waals surface area contributed by atoms with E-state index >= 15 is 0 Å². The highest BCUT2D eigenvalue weighted by atomic mass is 15.1. The highest BCUT2D eigenvalue weighted by Gasteiger charge is 2.15. The first-order valence-corrected chi connectivity index (χ1v) is 7.76. The van der Waals surface area contributed by atoms with Crippen molar-refractivity contribution >= 4 is 0 Å². The van der Waals surface area contributed by atoms with E-state index in [1.165, 1.54) is 16.7 Å². The molecule has 1 N–H and O–H groups in total. The minimum absolute atomic E-state index is 0.289. The number of hydrogen-bond acceptors (Lipinski definition) is 3. The van der Waals surface area contributed by atoms with Crippen molar-refractivity contribution in [2.45, 2.75) is 46.6 Å². The predicted molar refractivity (Wildman–Crippen MR) is 87.4 cm³/mol. The number of benzene rings is 1. The van der Waals surface area contributed by atoms with Gasteiger partial charge in [-0.25, -0.2) is 0 Å². The molecule has 0 bridgehead atoms. The van der Waals surface area contributed by atoms with Crippen LogP contribution in [0.2, 0.25) is 0 Å². The first-order valence-electron chi connectivity index (χ1n) is 7.76. The lowest BCUT2D eigenvalue weighted by molar-refractivity contribution is 0.542. The normalized spacial score (nSPS) is 12.4. The summed E-state index contributed by atoms with van der Waals surface area (Å²) in [6, 6.07) is 11.4. The number of rotatable bonds is 6. The number of nitrogens with one attached hydrogen (secondary N) is 1. The zero-order valence-corrected chi connectivity index (χ0v) is 13.5. The summed E-state index contributed by atoms with van der Waals surface area (Å²) in [5, 5.41) is 12.0. The van der Waals surface area contributed by atoms with E-state index in [4.69, 9.17) is 0 Å². The SMILES string of the molecule is CCNC(Cc1ccc(CC)cc1)c1cc(C)nnc1C. The Labute approximate surface area is 127 Å². The number of aryl methyl sites for hydroxylation is 3. The Morgan fingerprint density at radius 2 is 1.67 bits per heavy atom. The Bertz CT molecular complexity index is 576. The Kier molecular flexibility index (Phi) is 5.45. The molecule has 1 unspecified atom stereocenters. The van der Waals surface area contributed by atoms with Crippen molar-refractivity contribution in [2.24, 2.45) is 0 Å². The van der Waals surface area contributed by atoms with Gasteiger partial charge < -0.3 is 5.32 Å². The van der Waals surface area contributed by atoms with Crippen molar-refractivity contribution < 1.29 is 0 Å². The molecule has 1 atom stereocenters. The molecule has 0 aliphatic carbocycles. The zero-order valence-electron chi connectivity index (χ0n) is 13.5. The van der Waals surface area contributed by atoms with Crippen molar-refractivity contribution in [3.63, 3.8) is 0 Å². The van der Waals surface area contributed by atoms with Crippen molar-refractivity contribution in [3.05, 3.63) is 58.4 Å². The van der Waals surface area contributed by atoms with E-state index in [0.29, 0.717) is 0 Å². The van der Waals surface area contributed by atoms with Crippen molar-refractivity contribution in [1.82, 2.24) is 15.5 Å². The topological polar surface area (TPSA) is 37.8 Å². The summed E-state index contributed by atoms with van der Waals surface area (Å²) in [5.41, 5.74) is 5.98. The van der Waals surface area contributed by atoms with Crippen LogP contribution in [0.25, 0.3) is 0 Å². The Balaban J connectivity index is 2.23. The molecule has 0 aliphatic heterocycles. The third-order valence-electron chi connectivity index (χ3n) is 3.84. The third kappa shape index (κ3) is 4.11. The molecule has 0 aliphatic rings. The molecule has 2 rings (SSSR count). The van der Waals surface area contributed by atoms with Gasteiger partial charge in [-0.2, -0.15) is 10.2 Å². The number of nitrogens with zero attached hydrogens (tertiary/aromatic N) is 2. The maximum atomic E-state index is 4.26. The van der Waals surface area contributed by atoms with E-state index in [2.05, 4.69) is 59.7 Å².